The summed E-state index contributed by atoms with van der Waals surface area (Å²) in [5.41, 5.74) is 4.07. The van der Waals surface area contributed by atoms with E-state index >= 15 is 0 Å². The molecular formula is C19H21NO2. The number of nitrogens with zero attached hydrogens (tertiary/aromatic N) is 1. The van der Waals surface area contributed by atoms with Gasteiger partial charge >= 0.3 is 0 Å². The Morgan fingerprint density at radius 2 is 2.23 bits per heavy atom. The van der Waals surface area contributed by atoms with E-state index in [1.807, 2.05) is 0 Å². The Bertz CT molecular complexity index is 750. The molecular weight excluding hydrogens is 274 g/mol. The van der Waals surface area contributed by atoms with Gasteiger partial charge in [0.15, 0.2) is 11.5 Å². The molecule has 2 aliphatic carbocycles. The minimum Gasteiger partial charge on any atom is -0.493 e. The molecule has 1 saturated heterocycles. The molecule has 2 bridgehead atoms. The minimum atomic E-state index is -0.289. The van der Waals surface area contributed by atoms with E-state index in [1.54, 1.807) is 7.11 Å². The highest BCUT2D eigenvalue weighted by molar-refractivity contribution is 5.68. The number of allylic oxidation sites excluding steroid dienone is 2. The first-order chi connectivity index (χ1) is 10.6. The van der Waals surface area contributed by atoms with Crippen LogP contribution in [0.1, 0.15) is 24.5 Å². The summed E-state index contributed by atoms with van der Waals surface area (Å²) in [6.45, 7) is 3.36. The van der Waals surface area contributed by atoms with Crippen molar-refractivity contribution in [2.75, 3.05) is 20.7 Å². The maximum absolute atomic E-state index is 6.55. The van der Waals surface area contributed by atoms with Crippen LogP contribution in [0.2, 0.25) is 0 Å². The second-order valence-electron chi connectivity index (χ2n) is 7.18. The Hall–Kier alpha value is -1.74. The smallest absolute Gasteiger partial charge is 0.167 e. The monoisotopic (exact) mass is 295 g/mol. The first kappa shape index (κ1) is 12.8. The second kappa shape index (κ2) is 3.77. The Morgan fingerprint density at radius 3 is 3.05 bits per heavy atom. The minimum absolute atomic E-state index is 0.00359. The Morgan fingerprint density at radius 1 is 1.36 bits per heavy atom. The first-order valence-corrected chi connectivity index (χ1v) is 8.10. The van der Waals surface area contributed by atoms with Crippen molar-refractivity contribution in [1.82, 2.24) is 4.90 Å². The summed E-state index contributed by atoms with van der Waals surface area (Å²) < 4.78 is 12.2. The number of ether oxygens (including phenoxy) is 2. The summed E-state index contributed by atoms with van der Waals surface area (Å²) in [7, 11) is 3.98. The summed E-state index contributed by atoms with van der Waals surface area (Å²) in [6, 6.07) is 4.81. The molecule has 1 fully saturated rings. The van der Waals surface area contributed by atoms with E-state index in [0.29, 0.717) is 6.04 Å². The van der Waals surface area contributed by atoms with Gasteiger partial charge in [-0.15, -0.1) is 0 Å². The molecule has 0 amide bonds. The lowest BCUT2D eigenvalue weighted by atomic mass is 9.53. The molecule has 3 atom stereocenters. The van der Waals surface area contributed by atoms with Gasteiger partial charge in [-0.05, 0) is 56.6 Å². The van der Waals surface area contributed by atoms with Crippen LogP contribution >= 0.6 is 0 Å². The third-order valence-electron chi connectivity index (χ3n) is 6.34. The van der Waals surface area contributed by atoms with Crippen LogP contribution in [0.5, 0.6) is 11.5 Å². The van der Waals surface area contributed by atoms with Crippen LogP contribution in [0.25, 0.3) is 0 Å². The molecule has 3 nitrogen and oxygen atoms in total. The molecule has 4 aliphatic rings. The van der Waals surface area contributed by atoms with Gasteiger partial charge in [0, 0.05) is 11.6 Å². The summed E-state index contributed by atoms with van der Waals surface area (Å²) in [5, 5.41) is 0. The molecule has 1 aromatic carbocycles. The van der Waals surface area contributed by atoms with Crippen molar-refractivity contribution in [3.05, 3.63) is 47.1 Å². The van der Waals surface area contributed by atoms with E-state index in [1.165, 1.54) is 16.7 Å². The number of likely N-dealkylation sites (tertiary alicyclic amines) is 1. The predicted octanol–water partition coefficient (Wildman–Crippen LogP) is 2.84. The topological polar surface area (TPSA) is 21.7 Å². The molecule has 0 radical (unpaired) electrons. The van der Waals surface area contributed by atoms with Crippen LogP contribution in [-0.4, -0.2) is 37.2 Å². The zero-order valence-corrected chi connectivity index (χ0v) is 13.3. The zero-order valence-electron chi connectivity index (χ0n) is 13.3. The summed E-state index contributed by atoms with van der Waals surface area (Å²) in [6.07, 6.45) is 8.95. The molecule has 0 saturated carbocycles. The molecule has 22 heavy (non-hydrogen) atoms. The van der Waals surface area contributed by atoms with Crippen molar-refractivity contribution in [3.8, 4) is 11.5 Å². The maximum Gasteiger partial charge on any atom is 0.167 e. The third-order valence-corrected chi connectivity index (χ3v) is 6.34. The number of benzene rings is 1. The van der Waals surface area contributed by atoms with Gasteiger partial charge in [0.1, 0.15) is 5.60 Å². The average Bonchev–Trinajstić information content (AvgIpc) is 2.78. The number of piperidine rings is 1. The number of hydrogen-bond acceptors (Lipinski definition) is 3. The average molecular weight is 295 g/mol. The van der Waals surface area contributed by atoms with E-state index in [-0.39, 0.29) is 11.0 Å². The Balaban J connectivity index is 1.89. The predicted molar refractivity (Wildman–Crippen MR) is 85.7 cm³/mol. The second-order valence-corrected chi connectivity index (χ2v) is 7.18. The fourth-order valence-electron chi connectivity index (χ4n) is 5.26. The maximum atomic E-state index is 6.55. The van der Waals surface area contributed by atoms with Crippen molar-refractivity contribution >= 4 is 0 Å². The lowest BCUT2D eigenvalue weighted by molar-refractivity contribution is 0.0500. The lowest BCUT2D eigenvalue weighted by Crippen LogP contribution is -2.61. The summed E-state index contributed by atoms with van der Waals surface area (Å²) >= 11 is 0. The van der Waals surface area contributed by atoms with Gasteiger partial charge in [-0.1, -0.05) is 18.2 Å². The highest BCUT2D eigenvalue weighted by atomic mass is 16.5. The largest absolute Gasteiger partial charge is 0.493 e. The molecule has 1 aromatic rings. The molecule has 0 aromatic heterocycles. The van der Waals surface area contributed by atoms with E-state index in [9.17, 15) is 0 Å². The molecule has 3 heteroatoms. The van der Waals surface area contributed by atoms with Crippen LogP contribution in [0.4, 0.5) is 0 Å². The van der Waals surface area contributed by atoms with Crippen molar-refractivity contribution < 1.29 is 9.47 Å². The van der Waals surface area contributed by atoms with Gasteiger partial charge in [-0.2, -0.15) is 0 Å². The standard InChI is InChI=1S/C19H21NO2/c1-18-8-4-5-13-14-11-12-6-7-15(21-3)17(22-18)16(12)19(13,18)9-10-20(14)2/h4-8,14H,9-11H2,1-3H3/t14-,18+,19+/m1/s1. The molecule has 5 rings (SSSR count). The van der Waals surface area contributed by atoms with E-state index in [0.717, 1.165) is 30.9 Å². The molecule has 2 heterocycles. The number of likely N-dealkylation sites (N-methyl/N-ethyl adjacent to an activating group) is 1. The van der Waals surface area contributed by atoms with Crippen LogP contribution in [0, 0.1) is 0 Å². The quantitative estimate of drug-likeness (QED) is 0.795. The number of rotatable bonds is 1. The Kier molecular flexibility index (Phi) is 2.19. The van der Waals surface area contributed by atoms with Crippen molar-refractivity contribution in [3.63, 3.8) is 0 Å². The summed E-state index contributed by atoms with van der Waals surface area (Å²) in [5.74, 6) is 1.84. The third kappa shape index (κ3) is 1.17. The number of methoxy groups -OCH3 is 1. The Labute approximate surface area is 131 Å². The normalized spacial score (nSPS) is 37.4. The highest BCUT2D eigenvalue weighted by Gasteiger charge is 2.65. The van der Waals surface area contributed by atoms with E-state index in [2.05, 4.69) is 49.2 Å². The van der Waals surface area contributed by atoms with Gasteiger partial charge < -0.3 is 9.47 Å². The molecule has 1 spiro atoms. The molecule has 0 unspecified atom stereocenters. The van der Waals surface area contributed by atoms with Gasteiger partial charge in [-0.3, -0.25) is 4.90 Å². The zero-order chi connectivity index (χ0) is 15.1. The van der Waals surface area contributed by atoms with Crippen molar-refractivity contribution in [2.24, 2.45) is 0 Å². The molecule has 114 valence electrons. The van der Waals surface area contributed by atoms with Crippen LogP contribution < -0.4 is 9.47 Å². The fraction of sp³-hybridized carbons (Fsp3) is 0.474. The summed E-state index contributed by atoms with van der Waals surface area (Å²) in [4.78, 5) is 2.50. The molecule has 2 aliphatic heterocycles. The van der Waals surface area contributed by atoms with E-state index < -0.39 is 0 Å². The van der Waals surface area contributed by atoms with Crippen molar-refractivity contribution in [1.29, 1.82) is 0 Å². The van der Waals surface area contributed by atoms with Crippen LogP contribution in [-0.2, 0) is 11.8 Å². The van der Waals surface area contributed by atoms with Gasteiger partial charge in [0.05, 0.1) is 12.5 Å². The van der Waals surface area contributed by atoms with Crippen LogP contribution in [0.15, 0.2) is 35.9 Å². The van der Waals surface area contributed by atoms with Crippen LogP contribution in [0.3, 0.4) is 0 Å². The van der Waals surface area contributed by atoms with Gasteiger partial charge in [-0.25, -0.2) is 0 Å². The lowest BCUT2D eigenvalue weighted by Gasteiger charge is -2.55. The van der Waals surface area contributed by atoms with Crippen molar-refractivity contribution in [2.45, 2.75) is 36.8 Å². The van der Waals surface area contributed by atoms with E-state index in [4.69, 9.17) is 9.47 Å². The first-order valence-electron chi connectivity index (χ1n) is 8.10. The molecule has 0 N–H and O–H groups in total. The van der Waals surface area contributed by atoms with Gasteiger partial charge in [0.2, 0.25) is 0 Å². The fourth-order valence-corrected chi connectivity index (χ4v) is 5.26. The SMILES string of the molecule is COc1ccc2c3c1O[C@@]1(C)C=CC=C4[C@@H](C2)N(C)CC[C@]431. The highest BCUT2D eigenvalue weighted by Crippen LogP contribution is 2.65. The number of hydrogen-bond donors (Lipinski definition) is 0. The van der Waals surface area contributed by atoms with Gasteiger partial charge in [0.25, 0.3) is 0 Å².